The molecule has 0 aliphatic carbocycles. The lowest BCUT2D eigenvalue weighted by molar-refractivity contribution is -0.274. The smallest absolute Gasteiger partial charge is 0.406 e. The number of guanidine groups is 1. The maximum atomic E-state index is 12.5. The predicted octanol–water partition coefficient (Wildman–Crippen LogP) is 4.90. The van der Waals surface area contributed by atoms with Gasteiger partial charge in [0, 0.05) is 35.8 Å². The second-order valence-corrected chi connectivity index (χ2v) is 14.2. The number of benzene rings is 2. The van der Waals surface area contributed by atoms with Crippen LogP contribution in [0, 0.1) is 0 Å². The zero-order valence-electron chi connectivity index (χ0n) is 29.7. The third kappa shape index (κ3) is 12.8. The number of halogens is 3. The number of ether oxygens (including phenoxy) is 1. The molecule has 1 atom stereocenters. The number of alkyl halides is 3. The number of rotatable bonds is 12. The standard InChI is InChI=1S/C21H29N7O.C15H22F3NO2/c1-21(2,3)17-11-15-13-28(20(29)27-18(15)26-17)16-7-5-14(6-8-16)12-24-9-4-10-25-19(22)23;1-14(2,3)11-6-10(7-12(20)4-5-19)8-13(9-11)21-15(16,17)18/h5-8,11,13,24H,4,9-10,12H2,1-3H3,(H4,22,23,25)(H,26,27,29);6,8-9,12,20H,4-5,7,19H2,1-3H3. The number of nitrogens with two attached hydrogens (primary N) is 3. The lowest BCUT2D eigenvalue weighted by Crippen LogP contribution is -2.23. The van der Waals surface area contributed by atoms with Gasteiger partial charge in [-0.3, -0.25) is 9.56 Å². The molecule has 1 unspecified atom stereocenters. The Labute approximate surface area is 291 Å². The highest BCUT2D eigenvalue weighted by atomic mass is 19.4. The molecule has 0 aliphatic rings. The Balaban J connectivity index is 0.000000286. The van der Waals surface area contributed by atoms with Crippen LogP contribution in [0.4, 0.5) is 13.2 Å². The molecule has 274 valence electrons. The van der Waals surface area contributed by atoms with E-state index in [1.165, 1.54) is 12.1 Å². The number of nitrogens with zero attached hydrogens (tertiary/aromatic N) is 3. The predicted molar refractivity (Wildman–Crippen MR) is 193 cm³/mol. The molecule has 0 amide bonds. The largest absolute Gasteiger partial charge is 0.573 e. The normalized spacial score (nSPS) is 12.7. The number of aromatic amines is 1. The molecule has 9 N–H and O–H groups in total. The third-order valence-electron chi connectivity index (χ3n) is 7.70. The van der Waals surface area contributed by atoms with Crippen molar-refractivity contribution < 1.29 is 23.0 Å². The molecule has 50 heavy (non-hydrogen) atoms. The van der Waals surface area contributed by atoms with Crippen LogP contribution >= 0.6 is 0 Å². The Morgan fingerprint density at radius 2 is 1.70 bits per heavy atom. The molecule has 2 aromatic carbocycles. The van der Waals surface area contributed by atoms with Crippen molar-refractivity contribution in [2.24, 2.45) is 22.2 Å². The molecule has 0 spiro atoms. The minimum Gasteiger partial charge on any atom is -0.406 e. The fourth-order valence-corrected chi connectivity index (χ4v) is 4.97. The van der Waals surface area contributed by atoms with E-state index in [2.05, 4.69) is 51.9 Å². The van der Waals surface area contributed by atoms with Crippen molar-refractivity contribution in [1.29, 1.82) is 0 Å². The minimum atomic E-state index is -4.73. The van der Waals surface area contributed by atoms with E-state index in [-0.39, 0.29) is 34.6 Å². The van der Waals surface area contributed by atoms with Crippen LogP contribution in [-0.4, -0.2) is 57.7 Å². The number of aliphatic imine (C=N–C) groups is 1. The SMILES string of the molecule is CC(C)(C)c1cc(CC(O)CCN)cc(OC(F)(F)F)c1.CC(C)(C)c1cc2cn(-c3ccc(CNCCCN=C(N)N)cc3)c(=O)nc2[nH]1. The van der Waals surface area contributed by atoms with Gasteiger partial charge in [-0.1, -0.05) is 59.7 Å². The van der Waals surface area contributed by atoms with Crippen LogP contribution in [0.5, 0.6) is 5.75 Å². The molecule has 0 bridgehead atoms. The number of aliphatic hydroxyl groups excluding tert-OH is 1. The summed E-state index contributed by atoms with van der Waals surface area (Å²) in [5, 5.41) is 14.0. The van der Waals surface area contributed by atoms with Gasteiger partial charge >= 0.3 is 12.1 Å². The molecule has 2 heterocycles. The van der Waals surface area contributed by atoms with Crippen LogP contribution < -0.4 is 32.9 Å². The number of nitrogens with one attached hydrogen (secondary N) is 2. The number of hydrogen-bond acceptors (Lipinski definition) is 7. The highest BCUT2D eigenvalue weighted by Crippen LogP contribution is 2.31. The number of hydrogen-bond donors (Lipinski definition) is 6. The van der Waals surface area contributed by atoms with Crippen LogP contribution in [0.15, 0.2) is 64.5 Å². The number of fused-ring (bicyclic) bond motifs is 1. The highest BCUT2D eigenvalue weighted by Gasteiger charge is 2.32. The molecular weight excluding hydrogens is 649 g/mol. The van der Waals surface area contributed by atoms with Crippen LogP contribution in [0.2, 0.25) is 0 Å². The number of aliphatic hydroxyl groups is 1. The fraction of sp³-hybridized carbons (Fsp3) is 0.472. The van der Waals surface area contributed by atoms with Crippen LogP contribution in [0.3, 0.4) is 0 Å². The monoisotopic (exact) mass is 700 g/mol. The fourth-order valence-electron chi connectivity index (χ4n) is 4.97. The molecule has 0 aliphatic heterocycles. The van der Waals surface area contributed by atoms with Crippen LogP contribution in [-0.2, 0) is 23.8 Å². The molecule has 0 saturated carbocycles. The first-order valence-corrected chi connectivity index (χ1v) is 16.5. The maximum Gasteiger partial charge on any atom is 0.573 e. The van der Waals surface area contributed by atoms with Crippen LogP contribution in [0.1, 0.15) is 76.8 Å². The zero-order valence-corrected chi connectivity index (χ0v) is 29.7. The van der Waals surface area contributed by atoms with Gasteiger partial charge in [-0.05, 0) is 84.8 Å². The summed E-state index contributed by atoms with van der Waals surface area (Å²) in [6.45, 7) is 14.6. The lowest BCUT2D eigenvalue weighted by atomic mass is 9.85. The van der Waals surface area contributed by atoms with Crippen molar-refractivity contribution in [1.82, 2.24) is 19.9 Å². The zero-order chi connectivity index (χ0) is 37.3. The van der Waals surface area contributed by atoms with E-state index in [0.29, 0.717) is 30.7 Å². The van der Waals surface area contributed by atoms with Crippen molar-refractivity contribution in [2.75, 3.05) is 19.6 Å². The van der Waals surface area contributed by atoms with Crippen molar-refractivity contribution in [3.8, 4) is 11.4 Å². The van der Waals surface area contributed by atoms with Gasteiger partial charge in [-0.15, -0.1) is 13.2 Å². The lowest BCUT2D eigenvalue weighted by Gasteiger charge is -2.22. The second-order valence-electron chi connectivity index (χ2n) is 14.2. The Hall–Kier alpha value is -4.40. The molecule has 4 rings (SSSR count). The van der Waals surface area contributed by atoms with E-state index in [0.717, 1.165) is 47.4 Å². The van der Waals surface area contributed by atoms with E-state index in [1.54, 1.807) is 10.6 Å². The highest BCUT2D eigenvalue weighted by molar-refractivity contribution is 5.76. The summed E-state index contributed by atoms with van der Waals surface area (Å²) in [5.74, 6) is -0.136. The van der Waals surface area contributed by atoms with E-state index in [4.69, 9.17) is 17.2 Å². The summed E-state index contributed by atoms with van der Waals surface area (Å²) in [4.78, 5) is 23.9. The van der Waals surface area contributed by atoms with Gasteiger partial charge in [0.05, 0.1) is 11.8 Å². The van der Waals surface area contributed by atoms with E-state index in [9.17, 15) is 23.1 Å². The minimum absolute atomic E-state index is 0.0352. The number of H-pyrrole nitrogens is 1. The first-order valence-electron chi connectivity index (χ1n) is 16.5. The van der Waals surface area contributed by atoms with E-state index in [1.807, 2.05) is 51.2 Å². The Kier molecular flexibility index (Phi) is 13.6. The summed E-state index contributed by atoms with van der Waals surface area (Å²) in [5.41, 5.74) is 20.2. The quantitative estimate of drug-likeness (QED) is 0.0686. The van der Waals surface area contributed by atoms with Gasteiger partial charge in [0.15, 0.2) is 5.96 Å². The third-order valence-corrected chi connectivity index (χ3v) is 7.70. The first-order chi connectivity index (χ1) is 23.2. The van der Waals surface area contributed by atoms with Crippen molar-refractivity contribution in [2.45, 2.75) is 90.6 Å². The Morgan fingerprint density at radius 1 is 1.02 bits per heavy atom. The van der Waals surface area contributed by atoms with Gasteiger partial charge in [-0.25, -0.2) is 4.79 Å². The second kappa shape index (κ2) is 17.0. The Bertz CT molecular complexity index is 1770. The Morgan fingerprint density at radius 3 is 2.28 bits per heavy atom. The molecule has 11 nitrogen and oxygen atoms in total. The maximum absolute atomic E-state index is 12.5. The molecule has 14 heteroatoms. The average Bonchev–Trinajstić information content (AvgIpc) is 3.41. The van der Waals surface area contributed by atoms with E-state index < -0.39 is 12.5 Å². The molecular formula is C36H51F3N8O3. The summed E-state index contributed by atoms with van der Waals surface area (Å²) in [6, 6.07) is 14.4. The van der Waals surface area contributed by atoms with Gasteiger partial charge in [-0.2, -0.15) is 4.98 Å². The van der Waals surface area contributed by atoms with Gasteiger partial charge in [0.2, 0.25) is 0 Å². The summed E-state index contributed by atoms with van der Waals surface area (Å²) >= 11 is 0. The molecule has 4 aromatic rings. The van der Waals surface area contributed by atoms with Gasteiger partial charge in [0.25, 0.3) is 0 Å². The van der Waals surface area contributed by atoms with Crippen molar-refractivity contribution >= 4 is 17.0 Å². The summed E-state index contributed by atoms with van der Waals surface area (Å²) in [7, 11) is 0. The van der Waals surface area contributed by atoms with Gasteiger partial charge in [0.1, 0.15) is 11.4 Å². The van der Waals surface area contributed by atoms with Crippen molar-refractivity contribution in [3.05, 3.63) is 87.6 Å². The van der Waals surface area contributed by atoms with E-state index >= 15 is 0 Å². The molecule has 0 saturated heterocycles. The molecule has 0 fully saturated rings. The topological polar surface area (TPSA) is 183 Å². The molecule has 2 aromatic heterocycles. The first kappa shape index (κ1) is 40.0. The summed E-state index contributed by atoms with van der Waals surface area (Å²) in [6.07, 6.45) is -2.06. The van der Waals surface area contributed by atoms with Crippen LogP contribution in [0.25, 0.3) is 16.7 Å². The average molecular weight is 701 g/mol. The number of aromatic nitrogens is 3. The van der Waals surface area contributed by atoms with Gasteiger partial charge < -0.3 is 37.3 Å². The summed E-state index contributed by atoms with van der Waals surface area (Å²) < 4.78 is 42.8. The molecule has 0 radical (unpaired) electrons. The van der Waals surface area contributed by atoms with Crippen molar-refractivity contribution in [3.63, 3.8) is 0 Å².